The van der Waals surface area contributed by atoms with Crippen molar-refractivity contribution in [3.05, 3.63) is 30.1 Å². The molecule has 3 aliphatic rings. The lowest BCUT2D eigenvalue weighted by Crippen LogP contribution is -2.44. The minimum atomic E-state index is -5.08. The van der Waals surface area contributed by atoms with Gasteiger partial charge >= 0.3 is 24.3 Å². The topological polar surface area (TPSA) is 129 Å². The van der Waals surface area contributed by atoms with E-state index in [4.69, 9.17) is 24.5 Å². The standard InChI is InChI=1S/C18H25N3O2.2C2HF3O2/c22-18(20-8-14-4-1-2-7-19-14)17-12-23-11-13-9-21(10-16(13)17)15-5-3-6-15;2*3-2(4,5)1(6)7/h1-2,4,7,13,15-17H,3,5-6,8-12H2,(H,20,22);2*(H,6,7)/t13-,16-,17-;;/m1../s1. The van der Waals surface area contributed by atoms with Gasteiger partial charge in [0.05, 0.1) is 31.4 Å². The number of carbonyl (C=O) groups excluding carboxylic acids is 1. The first-order chi connectivity index (χ1) is 17.2. The summed E-state index contributed by atoms with van der Waals surface area (Å²) in [4.78, 5) is 37.3. The SMILES string of the molecule is O=C(NCc1ccccn1)[C@@H]1COC[C@H]2CN(C3CCC3)C[C@H]21.O=C(O)C(F)(F)F.O=C(O)C(F)(F)F. The molecule has 3 fully saturated rings. The fraction of sp³-hybridized carbons (Fsp3) is 0.636. The highest BCUT2D eigenvalue weighted by Crippen LogP contribution is 2.38. The predicted molar refractivity (Wildman–Crippen MR) is 114 cm³/mol. The lowest BCUT2D eigenvalue weighted by atomic mass is 9.82. The largest absolute Gasteiger partial charge is 0.490 e. The number of ether oxygens (including phenoxy) is 1. The summed E-state index contributed by atoms with van der Waals surface area (Å²) in [7, 11) is 0. The number of nitrogens with zero attached hydrogens (tertiary/aromatic N) is 2. The Bertz CT molecular complexity index is 886. The first-order valence-electron chi connectivity index (χ1n) is 11.3. The third-order valence-electron chi connectivity index (χ3n) is 6.25. The number of fused-ring (bicyclic) bond motifs is 1. The lowest BCUT2D eigenvalue weighted by molar-refractivity contribution is -0.193. The molecule has 15 heteroatoms. The molecule has 9 nitrogen and oxygen atoms in total. The summed E-state index contributed by atoms with van der Waals surface area (Å²) < 4.78 is 69.2. The van der Waals surface area contributed by atoms with Crippen LogP contribution in [0.5, 0.6) is 0 Å². The molecular formula is C22H27F6N3O6. The van der Waals surface area contributed by atoms with Crippen molar-refractivity contribution >= 4 is 17.8 Å². The Balaban J connectivity index is 0.000000286. The molecule has 0 aromatic carbocycles. The van der Waals surface area contributed by atoms with E-state index in [1.165, 1.54) is 19.3 Å². The number of amides is 1. The van der Waals surface area contributed by atoms with Crippen LogP contribution >= 0.6 is 0 Å². The number of pyridine rings is 1. The van der Waals surface area contributed by atoms with E-state index in [0.717, 1.165) is 31.4 Å². The van der Waals surface area contributed by atoms with Gasteiger partial charge in [0.1, 0.15) is 0 Å². The van der Waals surface area contributed by atoms with Crippen molar-refractivity contribution in [2.24, 2.45) is 17.8 Å². The van der Waals surface area contributed by atoms with Crippen molar-refractivity contribution in [2.75, 3.05) is 26.3 Å². The molecule has 1 aliphatic carbocycles. The molecule has 1 aromatic rings. The average molecular weight is 543 g/mol. The summed E-state index contributed by atoms with van der Waals surface area (Å²) in [6.07, 6.45) is -4.39. The zero-order chi connectivity index (χ0) is 27.8. The molecule has 3 atom stereocenters. The number of aliphatic carboxylic acids is 2. The summed E-state index contributed by atoms with van der Waals surface area (Å²) in [5, 5.41) is 17.3. The van der Waals surface area contributed by atoms with Crippen molar-refractivity contribution in [3.8, 4) is 0 Å². The van der Waals surface area contributed by atoms with E-state index in [2.05, 4.69) is 15.2 Å². The Hall–Kier alpha value is -2.94. The Morgan fingerprint density at radius 2 is 1.59 bits per heavy atom. The van der Waals surface area contributed by atoms with Crippen LogP contribution < -0.4 is 5.32 Å². The molecule has 3 heterocycles. The van der Waals surface area contributed by atoms with E-state index in [9.17, 15) is 31.1 Å². The third kappa shape index (κ3) is 9.46. The minimum absolute atomic E-state index is 0.0115. The Morgan fingerprint density at radius 3 is 2.05 bits per heavy atom. The van der Waals surface area contributed by atoms with Crippen LogP contribution in [-0.4, -0.2) is 82.6 Å². The van der Waals surface area contributed by atoms with Crippen LogP contribution in [0.4, 0.5) is 26.3 Å². The van der Waals surface area contributed by atoms with Gasteiger partial charge in [0, 0.05) is 25.3 Å². The average Bonchev–Trinajstić information content (AvgIpc) is 3.20. The monoisotopic (exact) mass is 543 g/mol. The van der Waals surface area contributed by atoms with Gasteiger partial charge in [0.15, 0.2) is 0 Å². The van der Waals surface area contributed by atoms with Gasteiger partial charge in [-0.3, -0.25) is 14.7 Å². The molecule has 4 rings (SSSR count). The number of carboxylic acids is 2. The molecule has 208 valence electrons. The van der Waals surface area contributed by atoms with E-state index in [1.807, 2.05) is 18.2 Å². The van der Waals surface area contributed by atoms with Gasteiger partial charge in [-0.1, -0.05) is 12.5 Å². The van der Waals surface area contributed by atoms with Crippen molar-refractivity contribution in [2.45, 2.75) is 44.2 Å². The van der Waals surface area contributed by atoms with E-state index in [0.29, 0.717) is 25.0 Å². The third-order valence-corrected chi connectivity index (χ3v) is 6.25. The number of nitrogens with one attached hydrogen (secondary N) is 1. The predicted octanol–water partition coefficient (Wildman–Crippen LogP) is 2.71. The molecule has 2 saturated heterocycles. The molecule has 2 aliphatic heterocycles. The maximum atomic E-state index is 12.6. The van der Waals surface area contributed by atoms with Gasteiger partial charge < -0.3 is 20.3 Å². The highest BCUT2D eigenvalue weighted by Gasteiger charge is 2.46. The van der Waals surface area contributed by atoms with Gasteiger partial charge in [-0.05, 0) is 36.8 Å². The lowest BCUT2D eigenvalue weighted by Gasteiger charge is -2.35. The first kappa shape index (κ1) is 30.3. The van der Waals surface area contributed by atoms with Gasteiger partial charge in [-0.15, -0.1) is 0 Å². The zero-order valence-corrected chi connectivity index (χ0v) is 19.5. The molecule has 3 N–H and O–H groups in total. The second kappa shape index (κ2) is 13.0. The Labute approximate surface area is 207 Å². The molecule has 1 amide bonds. The number of carboxylic acid groups (broad SMARTS) is 2. The van der Waals surface area contributed by atoms with Gasteiger partial charge in [-0.25, -0.2) is 9.59 Å². The van der Waals surface area contributed by atoms with Crippen LogP contribution in [-0.2, 0) is 25.7 Å². The van der Waals surface area contributed by atoms with Crippen LogP contribution in [0.2, 0.25) is 0 Å². The molecule has 1 saturated carbocycles. The van der Waals surface area contributed by atoms with Crippen LogP contribution in [0.3, 0.4) is 0 Å². The Morgan fingerprint density at radius 1 is 1.00 bits per heavy atom. The number of likely N-dealkylation sites (tertiary alicyclic amines) is 1. The highest BCUT2D eigenvalue weighted by atomic mass is 19.4. The zero-order valence-electron chi connectivity index (χ0n) is 19.5. The number of halogens is 6. The van der Waals surface area contributed by atoms with Crippen LogP contribution in [0.15, 0.2) is 24.4 Å². The van der Waals surface area contributed by atoms with Crippen LogP contribution in [0, 0.1) is 17.8 Å². The number of aromatic nitrogens is 1. The molecular weight excluding hydrogens is 516 g/mol. The summed E-state index contributed by atoms with van der Waals surface area (Å²) >= 11 is 0. The van der Waals surface area contributed by atoms with E-state index in [1.54, 1.807) is 6.20 Å². The first-order valence-corrected chi connectivity index (χ1v) is 11.3. The summed E-state index contributed by atoms with van der Waals surface area (Å²) in [5.41, 5.74) is 0.900. The van der Waals surface area contributed by atoms with Crippen molar-refractivity contribution < 1.29 is 55.7 Å². The maximum Gasteiger partial charge on any atom is 0.490 e. The van der Waals surface area contributed by atoms with Crippen molar-refractivity contribution in [3.63, 3.8) is 0 Å². The summed E-state index contributed by atoms with van der Waals surface area (Å²) in [5.74, 6) is -4.42. The summed E-state index contributed by atoms with van der Waals surface area (Å²) in [6.45, 7) is 4.06. The second-order valence-electron chi connectivity index (χ2n) is 8.75. The Kier molecular flexibility index (Phi) is 10.7. The number of carbonyl (C=O) groups is 3. The molecule has 0 unspecified atom stereocenters. The van der Waals surface area contributed by atoms with Gasteiger partial charge in [0.25, 0.3) is 0 Å². The fourth-order valence-corrected chi connectivity index (χ4v) is 4.16. The minimum Gasteiger partial charge on any atom is -0.475 e. The molecule has 0 spiro atoms. The van der Waals surface area contributed by atoms with E-state index >= 15 is 0 Å². The molecule has 0 bridgehead atoms. The molecule has 37 heavy (non-hydrogen) atoms. The van der Waals surface area contributed by atoms with Crippen LogP contribution in [0.25, 0.3) is 0 Å². The number of hydrogen-bond acceptors (Lipinski definition) is 6. The fourth-order valence-electron chi connectivity index (χ4n) is 4.16. The van der Waals surface area contributed by atoms with Crippen molar-refractivity contribution in [1.82, 2.24) is 15.2 Å². The van der Waals surface area contributed by atoms with E-state index in [-0.39, 0.29) is 11.8 Å². The molecule has 1 aromatic heterocycles. The maximum absolute atomic E-state index is 12.6. The quantitative estimate of drug-likeness (QED) is 0.495. The highest BCUT2D eigenvalue weighted by molar-refractivity contribution is 5.79. The number of rotatable bonds is 4. The van der Waals surface area contributed by atoms with Gasteiger partial charge in [0.2, 0.25) is 5.91 Å². The number of hydrogen-bond donors (Lipinski definition) is 3. The second-order valence-corrected chi connectivity index (χ2v) is 8.75. The van der Waals surface area contributed by atoms with Crippen molar-refractivity contribution in [1.29, 1.82) is 0 Å². The van der Waals surface area contributed by atoms with Gasteiger partial charge in [-0.2, -0.15) is 26.3 Å². The van der Waals surface area contributed by atoms with Crippen LogP contribution in [0.1, 0.15) is 25.0 Å². The summed E-state index contributed by atoms with van der Waals surface area (Å²) in [6, 6.07) is 6.53. The smallest absolute Gasteiger partial charge is 0.475 e. The normalized spacial score (nSPS) is 23.8. The van der Waals surface area contributed by atoms with E-state index < -0.39 is 24.3 Å². The molecule has 0 radical (unpaired) electrons. The number of alkyl halides is 6.